The molecule has 0 radical (unpaired) electrons. The van der Waals surface area contributed by atoms with Gasteiger partial charge < -0.3 is 18.9 Å². The molecule has 5 heteroatoms. The van der Waals surface area contributed by atoms with Crippen LogP contribution in [0.4, 0.5) is 34.1 Å². The summed E-state index contributed by atoms with van der Waals surface area (Å²) in [6.45, 7) is 41.1. The van der Waals surface area contributed by atoms with Crippen LogP contribution in [0.5, 0.6) is 0 Å². The molecule has 0 unspecified atom stereocenters. The van der Waals surface area contributed by atoms with Crippen LogP contribution in [0.3, 0.4) is 0 Å². The maximum Gasteiger partial charge on any atom is 0.252 e. The molecular weight excluding hydrogens is 1290 g/mol. The second-order valence-corrected chi connectivity index (χ2v) is 36.4. The van der Waals surface area contributed by atoms with Crippen LogP contribution in [0.25, 0.3) is 99.5 Å². The van der Waals surface area contributed by atoms with E-state index in [4.69, 9.17) is 4.11 Å². The quantitative estimate of drug-likeness (QED) is 0.141. The molecule has 0 fully saturated rings. The Kier molecular flexibility index (Phi) is 14.7. The summed E-state index contributed by atoms with van der Waals surface area (Å²) >= 11 is 0. The molecule has 0 saturated heterocycles. The number of anilines is 6. The van der Waals surface area contributed by atoms with Gasteiger partial charge >= 0.3 is 0 Å². The predicted molar refractivity (Wildman–Crippen MR) is 463 cm³/mol. The van der Waals surface area contributed by atoms with Crippen LogP contribution >= 0.6 is 0 Å². The van der Waals surface area contributed by atoms with Gasteiger partial charge in [0.15, 0.2) is 0 Å². The Balaban J connectivity index is 1.02. The maximum atomic E-state index is 9.57. The summed E-state index contributed by atoms with van der Waals surface area (Å²) in [6, 6.07) is 89.8. The van der Waals surface area contributed by atoms with Crippen molar-refractivity contribution in [1.82, 2.24) is 9.13 Å². The topological polar surface area (TPSA) is 16.3 Å². The van der Waals surface area contributed by atoms with E-state index in [1.165, 1.54) is 38.6 Å². The Morgan fingerprint density at radius 2 is 0.682 bits per heavy atom. The van der Waals surface area contributed by atoms with Crippen LogP contribution in [0.15, 0.2) is 273 Å². The molecule has 4 heterocycles. The zero-order chi connectivity index (χ0) is 79.1. The smallest absolute Gasteiger partial charge is 0.252 e. The first-order chi connectivity index (χ1) is 52.9. The molecule has 15 aromatic rings. The normalized spacial score (nSPS) is 14.1. The van der Waals surface area contributed by atoms with Gasteiger partial charge in [0, 0.05) is 55.7 Å². The highest BCUT2D eigenvalue weighted by Gasteiger charge is 2.45. The number of benzene rings is 13. The molecule has 13 aromatic carbocycles. The van der Waals surface area contributed by atoms with E-state index < -0.39 is 11.5 Å². The van der Waals surface area contributed by atoms with Crippen molar-refractivity contribution in [3.8, 4) is 55.9 Å². The van der Waals surface area contributed by atoms with Crippen LogP contribution in [0, 0.1) is 0 Å². The van der Waals surface area contributed by atoms with Crippen LogP contribution in [0.1, 0.15) is 165 Å². The SMILES string of the molecule is [2H]c1c([2H])c([2H])c(-c2ccc3c(c2)N(c2cc(-c4ccccc4)cc(-c4ccc(C(C)(C)C)cc4)c2)c2cc(C(C)(C)C)cc4c2B3c2ccc(-c3cc(C(C)(C)C)cc(C(C)(C)C)c3)cc2N4c2cccc3c4cccc(-n5c6ccc(C(C)(C)C)cc6c6cc(C(C)(C)C)ccc65)c4n(-c4ccccc4)c23)c([2H])c1[2H]. The minimum atomic E-state index is -0.425. The second kappa shape index (κ2) is 24.9. The average Bonchev–Trinajstić information content (AvgIpc) is 1.07. The number of aromatic nitrogens is 2. The highest BCUT2D eigenvalue weighted by Crippen LogP contribution is 2.53. The van der Waals surface area contributed by atoms with Crippen molar-refractivity contribution >= 4 is 101 Å². The molecule has 0 aliphatic carbocycles. The Morgan fingerprint density at radius 3 is 1.21 bits per heavy atom. The summed E-state index contributed by atoms with van der Waals surface area (Å²) < 4.78 is 51.2. The van der Waals surface area contributed by atoms with Crippen LogP contribution in [-0.2, 0) is 32.5 Å². The van der Waals surface area contributed by atoms with Gasteiger partial charge in [-0.25, -0.2) is 0 Å². The van der Waals surface area contributed by atoms with E-state index >= 15 is 0 Å². The van der Waals surface area contributed by atoms with E-state index in [-0.39, 0.29) is 63.5 Å². The molecule has 4 nitrogen and oxygen atoms in total. The highest BCUT2D eigenvalue weighted by molar-refractivity contribution is 7.00. The summed E-state index contributed by atoms with van der Waals surface area (Å²) in [5.41, 5.74) is 29.4. The van der Waals surface area contributed by atoms with Gasteiger partial charge in [0.1, 0.15) is 0 Å². The van der Waals surface area contributed by atoms with Crippen LogP contribution in [-0.4, -0.2) is 15.8 Å². The van der Waals surface area contributed by atoms with Gasteiger partial charge in [0.2, 0.25) is 0 Å². The lowest BCUT2D eigenvalue weighted by Gasteiger charge is -2.45. The summed E-state index contributed by atoms with van der Waals surface area (Å²) in [6.07, 6.45) is 0. The van der Waals surface area contributed by atoms with E-state index in [1.54, 1.807) is 0 Å². The molecule has 0 bridgehead atoms. The monoisotopic (exact) mass is 1400 g/mol. The van der Waals surface area contributed by atoms with Crippen molar-refractivity contribution in [1.29, 1.82) is 0 Å². The molecule has 2 aliphatic heterocycles. The predicted octanol–water partition coefficient (Wildman–Crippen LogP) is 26.4. The lowest BCUT2D eigenvalue weighted by atomic mass is 9.33. The molecule has 0 amide bonds. The Morgan fingerprint density at radius 1 is 0.252 bits per heavy atom. The average molecular weight is 1400 g/mol. The zero-order valence-electron chi connectivity index (χ0n) is 70.5. The van der Waals surface area contributed by atoms with Crippen molar-refractivity contribution in [2.75, 3.05) is 9.80 Å². The number of hydrogen-bond donors (Lipinski definition) is 0. The number of fused-ring (bicyclic) bond motifs is 10. The fourth-order valence-electron chi connectivity index (χ4n) is 16.7. The summed E-state index contributed by atoms with van der Waals surface area (Å²) in [4.78, 5) is 5.06. The fraction of sp³-hybridized carbons (Fsp3) is 0.235. The largest absolute Gasteiger partial charge is 0.311 e. The first kappa shape index (κ1) is 63.4. The first-order valence-electron chi connectivity index (χ1n) is 40.8. The molecule has 0 spiro atoms. The molecule has 0 atom stereocenters. The van der Waals surface area contributed by atoms with Gasteiger partial charge in [0.05, 0.1) is 40.3 Å². The molecule has 2 aromatic heterocycles. The van der Waals surface area contributed by atoms with E-state index in [0.717, 1.165) is 134 Å². The van der Waals surface area contributed by atoms with E-state index in [9.17, 15) is 2.74 Å². The summed E-state index contributed by atoms with van der Waals surface area (Å²) in [7, 11) is 0. The number of nitrogens with zero attached hydrogens (tertiary/aromatic N) is 4. The van der Waals surface area contributed by atoms with E-state index in [2.05, 4.69) is 380 Å². The van der Waals surface area contributed by atoms with Gasteiger partial charge in [-0.05, 0) is 218 Å². The van der Waals surface area contributed by atoms with Gasteiger partial charge in [-0.1, -0.05) is 306 Å². The van der Waals surface area contributed by atoms with Crippen molar-refractivity contribution in [3.63, 3.8) is 0 Å². The summed E-state index contributed by atoms with van der Waals surface area (Å²) in [5, 5.41) is 4.71. The van der Waals surface area contributed by atoms with Crippen LogP contribution < -0.4 is 26.2 Å². The van der Waals surface area contributed by atoms with Crippen molar-refractivity contribution in [3.05, 3.63) is 306 Å². The number of para-hydroxylation sites is 3. The minimum absolute atomic E-state index is 0.0615. The maximum absolute atomic E-state index is 9.57. The molecule has 530 valence electrons. The number of rotatable bonds is 8. The molecule has 0 saturated carbocycles. The van der Waals surface area contributed by atoms with Crippen molar-refractivity contribution in [2.45, 2.75) is 157 Å². The Labute approximate surface area is 642 Å². The third kappa shape index (κ3) is 11.9. The van der Waals surface area contributed by atoms with Gasteiger partial charge in [-0.2, -0.15) is 0 Å². The molecule has 2 aliphatic rings. The standard InChI is InChI=1S/C102H99BN4/c1-97(2,3)72-44-40-66(41-45-72)70-52-69(65-32-24-20-25-33-65)55-79(56-70)104-90-57-67(64-30-22-19-23-31-64)42-48-84(90)103-85-49-43-68(71-53-75(100(10,11)12)59-76(54-71)101(13,14)15)58-91(85)107(93-63-77(102(16,17)18)62-92(104)94(93)103)89-39-29-37-81-80-36-28-38-88(95(80)105(96(81)89)78-34-26-21-27-35-78)106-86-50-46-73(98(4,5)6)60-82(86)83-61-74(99(7,8)9)47-51-87(83)106/h19-63H,1-18H3/i19D,22D,23D,30D,31D. The van der Waals surface area contributed by atoms with Crippen LogP contribution in [0.2, 0.25) is 0 Å². The van der Waals surface area contributed by atoms with Gasteiger partial charge in [0.25, 0.3) is 6.71 Å². The van der Waals surface area contributed by atoms with E-state index in [1.807, 2.05) is 6.07 Å². The third-order valence-corrected chi connectivity index (χ3v) is 22.9. The zero-order valence-corrected chi connectivity index (χ0v) is 65.5. The Hall–Kier alpha value is -10.9. The molecular formula is C102H99BN4. The second-order valence-electron chi connectivity index (χ2n) is 36.4. The lowest BCUT2D eigenvalue weighted by molar-refractivity contribution is 0.569. The molecule has 17 rings (SSSR count). The molecule has 107 heavy (non-hydrogen) atoms. The lowest BCUT2D eigenvalue weighted by Crippen LogP contribution is -2.61. The Bertz CT molecular complexity index is 6250. The highest BCUT2D eigenvalue weighted by atomic mass is 15.2. The minimum Gasteiger partial charge on any atom is -0.311 e. The number of hydrogen-bond acceptors (Lipinski definition) is 2. The first-order valence-corrected chi connectivity index (χ1v) is 38.3. The van der Waals surface area contributed by atoms with Crippen molar-refractivity contribution < 1.29 is 6.85 Å². The van der Waals surface area contributed by atoms with Gasteiger partial charge in [-0.15, -0.1) is 0 Å². The fourth-order valence-corrected chi connectivity index (χ4v) is 16.7. The summed E-state index contributed by atoms with van der Waals surface area (Å²) in [5.74, 6) is 0. The third-order valence-electron chi connectivity index (χ3n) is 22.9. The van der Waals surface area contributed by atoms with E-state index in [0.29, 0.717) is 5.56 Å². The van der Waals surface area contributed by atoms with Crippen molar-refractivity contribution in [2.24, 2.45) is 0 Å². The van der Waals surface area contributed by atoms with Gasteiger partial charge in [-0.3, -0.25) is 0 Å². The molecule has 0 N–H and O–H groups in total.